The fraction of sp³-hybridized carbons (Fsp3) is 0. The Balaban J connectivity index is 2.59. The van der Waals surface area contributed by atoms with Gasteiger partial charge in [0.25, 0.3) is 0 Å². The zero-order valence-electron chi connectivity index (χ0n) is 3.13. The van der Waals surface area contributed by atoms with Crippen molar-refractivity contribution in [2.24, 2.45) is 0 Å². The molecule has 0 bridgehead atoms. The van der Waals surface area contributed by atoms with Crippen molar-refractivity contribution in [3.63, 3.8) is 0 Å². The molecular formula is C2HNO4. The lowest BCUT2D eigenvalue weighted by Gasteiger charge is -2.19. The first-order valence-electron chi connectivity index (χ1n) is 1.52. The van der Waals surface area contributed by atoms with Crippen LogP contribution in [0.4, 0.5) is 9.59 Å². The van der Waals surface area contributed by atoms with E-state index in [2.05, 4.69) is 4.74 Å². The van der Waals surface area contributed by atoms with Gasteiger partial charge in [0.2, 0.25) is 0 Å². The molecule has 1 heterocycles. The third kappa shape index (κ3) is 0.387. The number of amides is 2. The van der Waals surface area contributed by atoms with Crippen molar-refractivity contribution in [1.82, 2.24) is 0 Å². The highest BCUT2D eigenvalue weighted by Gasteiger charge is 2.38. The molecule has 1 fully saturated rings. The van der Waals surface area contributed by atoms with Crippen LogP contribution in [0.2, 0.25) is 0 Å². The van der Waals surface area contributed by atoms with Gasteiger partial charge in [-0.25, -0.2) is 0 Å². The highest BCUT2D eigenvalue weighted by atomic mass is 16.8. The average Bonchev–Trinajstić information content (AvgIpc) is 1.68. The molecule has 0 spiro atoms. The van der Waals surface area contributed by atoms with Crippen LogP contribution in [0.5, 0.6) is 0 Å². The van der Waals surface area contributed by atoms with Gasteiger partial charge in [-0.1, -0.05) is 0 Å². The van der Waals surface area contributed by atoms with Gasteiger partial charge in [-0.05, 0) is 0 Å². The summed E-state index contributed by atoms with van der Waals surface area (Å²) >= 11 is 0. The lowest BCUT2D eigenvalue weighted by molar-refractivity contribution is -0.723. The molecule has 1 aliphatic rings. The molecule has 1 aliphatic heterocycles. The van der Waals surface area contributed by atoms with Crippen molar-refractivity contribution in [2.75, 3.05) is 0 Å². The minimum atomic E-state index is -1.06. The van der Waals surface area contributed by atoms with Crippen LogP contribution >= 0.6 is 0 Å². The van der Waals surface area contributed by atoms with E-state index in [1.165, 1.54) is 0 Å². The summed E-state index contributed by atoms with van der Waals surface area (Å²) in [5.41, 5.74) is 0. The molecular weight excluding hydrogens is 102 g/mol. The largest absolute Gasteiger partial charge is 0.614 e. The molecule has 1 N–H and O–H groups in total. The molecule has 38 valence electrons. The molecule has 2 amide bonds. The van der Waals surface area contributed by atoms with Crippen molar-refractivity contribution in [2.45, 2.75) is 0 Å². The van der Waals surface area contributed by atoms with Crippen molar-refractivity contribution < 1.29 is 19.4 Å². The topological polar surface area (TPSA) is 70.9 Å². The van der Waals surface area contributed by atoms with E-state index in [1.807, 2.05) is 0 Å². The molecule has 0 atom stereocenters. The summed E-state index contributed by atoms with van der Waals surface area (Å²) in [6.45, 7) is 0. The Hall–Kier alpha value is -0.940. The number of cyclic esters (lactones) is 2. The van der Waals surface area contributed by atoms with Crippen LogP contribution in [0.25, 0.3) is 0 Å². The van der Waals surface area contributed by atoms with Crippen LogP contribution in [0, 0.1) is 5.21 Å². The number of ether oxygens (including phenoxy) is 1. The Morgan fingerprint density at radius 2 is 1.86 bits per heavy atom. The number of carbonyl (C=O) groups is 2. The summed E-state index contributed by atoms with van der Waals surface area (Å²) in [5, 5.41) is 8.68. The molecule has 1 rings (SSSR count). The minimum Gasteiger partial charge on any atom is -0.614 e. The Kier molecular flexibility index (Phi) is 0.613. The third-order valence-corrected chi connectivity index (χ3v) is 0.556. The maximum atomic E-state index is 9.74. The summed E-state index contributed by atoms with van der Waals surface area (Å²) in [6, 6.07) is 0. The fourth-order valence-electron chi connectivity index (χ4n) is 0.214. The van der Waals surface area contributed by atoms with Crippen LogP contribution in [0.3, 0.4) is 0 Å². The van der Waals surface area contributed by atoms with E-state index < -0.39 is 17.2 Å². The molecule has 0 aliphatic carbocycles. The van der Waals surface area contributed by atoms with Gasteiger partial charge in [0.05, 0.1) is 0 Å². The van der Waals surface area contributed by atoms with E-state index in [0.29, 0.717) is 0 Å². The maximum Gasteiger partial charge on any atom is 0.536 e. The summed E-state index contributed by atoms with van der Waals surface area (Å²) < 4.78 is 3.62. The van der Waals surface area contributed by atoms with Crippen LogP contribution < -0.4 is 5.06 Å². The van der Waals surface area contributed by atoms with Gasteiger partial charge in [-0.15, -0.1) is 0 Å². The van der Waals surface area contributed by atoms with Crippen molar-refractivity contribution in [1.29, 1.82) is 0 Å². The number of hydrogen-bond acceptors (Lipinski definition) is 4. The number of rotatable bonds is 0. The highest BCUT2D eigenvalue weighted by molar-refractivity contribution is 5.88. The van der Waals surface area contributed by atoms with Gasteiger partial charge in [0.1, 0.15) is 0 Å². The first-order valence-corrected chi connectivity index (χ1v) is 1.52. The standard InChI is InChI=1S/C2HNO4/c4-1-3(6)2(5)7-1/h3H. The van der Waals surface area contributed by atoms with E-state index in [-0.39, 0.29) is 0 Å². The fourth-order valence-corrected chi connectivity index (χ4v) is 0.214. The monoisotopic (exact) mass is 103 g/mol. The normalized spacial score (nSPS) is 21.3. The van der Waals surface area contributed by atoms with E-state index in [0.717, 1.165) is 0 Å². The lowest BCUT2D eigenvalue weighted by Crippen LogP contribution is -3.19. The van der Waals surface area contributed by atoms with Gasteiger partial charge in [-0.2, -0.15) is 14.7 Å². The number of imide groups is 1. The predicted molar refractivity (Wildman–Crippen MR) is 16.2 cm³/mol. The number of carbonyl (C=O) groups excluding carboxylic acids is 2. The molecule has 0 radical (unpaired) electrons. The minimum absolute atomic E-state index is 1.05. The number of quaternary nitrogens is 1. The molecule has 5 heteroatoms. The van der Waals surface area contributed by atoms with Crippen LogP contribution in [-0.2, 0) is 4.74 Å². The second-order valence-corrected chi connectivity index (χ2v) is 1.01. The molecule has 0 aromatic heterocycles. The second kappa shape index (κ2) is 1.02. The average molecular weight is 103 g/mol. The molecule has 0 unspecified atom stereocenters. The van der Waals surface area contributed by atoms with Crippen molar-refractivity contribution in [3.8, 4) is 0 Å². The predicted octanol–water partition coefficient (Wildman–Crippen LogP) is -1.36. The first kappa shape index (κ1) is 4.23. The maximum absolute atomic E-state index is 9.74. The van der Waals surface area contributed by atoms with E-state index in [4.69, 9.17) is 0 Å². The Bertz CT molecular complexity index is 116. The van der Waals surface area contributed by atoms with E-state index in [1.54, 1.807) is 0 Å². The quantitative estimate of drug-likeness (QED) is 0.303. The van der Waals surface area contributed by atoms with Crippen molar-refractivity contribution in [3.05, 3.63) is 5.21 Å². The second-order valence-electron chi connectivity index (χ2n) is 1.01. The molecule has 0 aromatic rings. The summed E-state index contributed by atoms with van der Waals surface area (Å²) in [4.78, 5) is 19.3. The molecule has 0 aromatic carbocycles. The van der Waals surface area contributed by atoms with Crippen molar-refractivity contribution >= 4 is 12.2 Å². The SMILES string of the molecule is O=C1OC(=O)[NH+]1[O-]. The number of hydroxylamine groups is 2. The molecule has 5 nitrogen and oxygen atoms in total. The zero-order chi connectivity index (χ0) is 5.44. The highest BCUT2D eigenvalue weighted by Crippen LogP contribution is 1.80. The van der Waals surface area contributed by atoms with Gasteiger partial charge in [-0.3, -0.25) is 4.74 Å². The summed E-state index contributed by atoms with van der Waals surface area (Å²) in [6.07, 6.45) is -2.10. The van der Waals surface area contributed by atoms with Crippen LogP contribution in [-0.4, -0.2) is 12.2 Å². The van der Waals surface area contributed by atoms with Crippen LogP contribution in [0.1, 0.15) is 0 Å². The molecule has 7 heavy (non-hydrogen) atoms. The zero-order valence-corrected chi connectivity index (χ0v) is 3.13. The molecule has 1 saturated heterocycles. The lowest BCUT2D eigenvalue weighted by atomic mass is 10.9. The first-order chi connectivity index (χ1) is 3.22. The number of nitrogens with one attached hydrogen (secondary N) is 1. The Morgan fingerprint density at radius 1 is 1.43 bits per heavy atom. The van der Waals surface area contributed by atoms with E-state index >= 15 is 0 Å². The van der Waals surface area contributed by atoms with Crippen LogP contribution in [0.15, 0.2) is 0 Å². The van der Waals surface area contributed by atoms with Gasteiger partial charge in [0, 0.05) is 0 Å². The van der Waals surface area contributed by atoms with Gasteiger partial charge in [0.15, 0.2) is 0 Å². The van der Waals surface area contributed by atoms with E-state index in [9.17, 15) is 14.8 Å². The Morgan fingerprint density at radius 3 is 1.86 bits per heavy atom. The smallest absolute Gasteiger partial charge is 0.536 e. The van der Waals surface area contributed by atoms with Gasteiger partial charge >= 0.3 is 12.2 Å². The van der Waals surface area contributed by atoms with Gasteiger partial charge < -0.3 is 5.21 Å². The third-order valence-electron chi connectivity index (χ3n) is 0.556. The summed E-state index contributed by atoms with van der Waals surface area (Å²) in [7, 11) is 0. The molecule has 0 saturated carbocycles. The summed E-state index contributed by atoms with van der Waals surface area (Å²) in [5.74, 6) is 0. The Labute approximate surface area is 38.0 Å². The number of hydrogen-bond donors (Lipinski definition) is 1.